The van der Waals surface area contributed by atoms with Crippen LogP contribution in [0.2, 0.25) is 0 Å². The Morgan fingerprint density at radius 2 is 2.08 bits per heavy atom. The lowest BCUT2D eigenvalue weighted by Crippen LogP contribution is -2.32. The highest BCUT2D eigenvalue weighted by Gasteiger charge is 2.25. The second-order valence-electron chi connectivity index (χ2n) is 8.82. The first kappa shape index (κ1) is 23.6. The Bertz CT molecular complexity index is 1600. The molecule has 5 heterocycles. The number of benzene rings is 1. The number of aromatic nitrogens is 3. The number of rotatable bonds is 7. The maximum absolute atomic E-state index is 13.4. The van der Waals surface area contributed by atoms with Crippen LogP contribution in [0.15, 0.2) is 53.4 Å². The highest BCUT2D eigenvalue weighted by Crippen LogP contribution is 2.28. The second-order valence-corrected chi connectivity index (χ2v) is 10.7. The van der Waals surface area contributed by atoms with E-state index in [0.29, 0.717) is 40.8 Å². The number of pyridine rings is 1. The lowest BCUT2D eigenvalue weighted by molar-refractivity contribution is 0.0853. The molecule has 0 spiro atoms. The number of amides is 2. The molecule has 11 heteroatoms. The molecule has 4 aromatic heterocycles. The number of hydrogen-bond donors (Lipinski definition) is 3. The summed E-state index contributed by atoms with van der Waals surface area (Å²) in [5.74, 6) is -0.526. The molecule has 0 saturated carbocycles. The molecular weight excluding hydrogens is 508 g/mol. The minimum Gasteiger partial charge on any atom is -0.376 e. The molecule has 188 valence electrons. The van der Waals surface area contributed by atoms with Gasteiger partial charge in [0.1, 0.15) is 11.4 Å². The largest absolute Gasteiger partial charge is 0.376 e. The predicted octanol–water partition coefficient (Wildman–Crippen LogP) is 4.09. The van der Waals surface area contributed by atoms with Gasteiger partial charge in [0.25, 0.3) is 11.8 Å². The number of nitrogens with zero attached hydrogens (tertiary/aromatic N) is 3. The van der Waals surface area contributed by atoms with Gasteiger partial charge in [0.2, 0.25) is 0 Å². The van der Waals surface area contributed by atoms with E-state index in [1.165, 1.54) is 22.7 Å². The summed E-state index contributed by atoms with van der Waals surface area (Å²) < 4.78 is 8.32. The van der Waals surface area contributed by atoms with Crippen LogP contribution in [-0.2, 0) is 11.3 Å². The number of thiazole rings is 1. The minimum atomic E-state index is -0.275. The first-order chi connectivity index (χ1) is 18.1. The van der Waals surface area contributed by atoms with E-state index in [9.17, 15) is 9.59 Å². The van der Waals surface area contributed by atoms with E-state index >= 15 is 0 Å². The summed E-state index contributed by atoms with van der Waals surface area (Å²) in [6, 6.07) is 11.2. The highest BCUT2D eigenvalue weighted by atomic mass is 32.1. The zero-order chi connectivity index (χ0) is 25.4. The van der Waals surface area contributed by atoms with Crippen molar-refractivity contribution in [3.05, 3.63) is 70.2 Å². The van der Waals surface area contributed by atoms with Crippen LogP contribution >= 0.6 is 22.7 Å². The first-order valence-electron chi connectivity index (χ1n) is 11.9. The smallest absolute Gasteiger partial charge is 0.270 e. The Hall–Kier alpha value is -3.80. The van der Waals surface area contributed by atoms with Gasteiger partial charge in [-0.3, -0.25) is 14.0 Å². The number of ether oxygens (including phenoxy) is 1. The van der Waals surface area contributed by atoms with Crippen LogP contribution in [0.4, 0.5) is 5.13 Å². The van der Waals surface area contributed by atoms with Gasteiger partial charge < -0.3 is 21.1 Å². The van der Waals surface area contributed by atoms with Gasteiger partial charge in [-0.1, -0.05) is 17.4 Å². The number of nitrogen functional groups attached to an aromatic ring is 1. The van der Waals surface area contributed by atoms with E-state index in [4.69, 9.17) is 15.5 Å². The summed E-state index contributed by atoms with van der Waals surface area (Å²) in [6.07, 6.45) is 3.71. The lowest BCUT2D eigenvalue weighted by atomic mass is 10.2. The fourth-order valence-corrected chi connectivity index (χ4v) is 5.97. The normalized spacial score (nSPS) is 15.4. The second kappa shape index (κ2) is 9.92. The minimum absolute atomic E-state index is 0.0229. The monoisotopic (exact) mass is 532 g/mol. The van der Waals surface area contributed by atoms with Crippen molar-refractivity contribution < 1.29 is 14.3 Å². The molecule has 6 rings (SSSR count). The molecule has 0 bridgehead atoms. The number of anilines is 1. The van der Waals surface area contributed by atoms with Gasteiger partial charge >= 0.3 is 0 Å². The Morgan fingerprint density at radius 3 is 2.89 bits per heavy atom. The maximum Gasteiger partial charge on any atom is 0.270 e. The molecule has 9 nitrogen and oxygen atoms in total. The topological polar surface area (TPSA) is 124 Å². The van der Waals surface area contributed by atoms with Gasteiger partial charge in [-0.05, 0) is 54.1 Å². The van der Waals surface area contributed by atoms with Gasteiger partial charge in [0.05, 0.1) is 21.9 Å². The molecule has 1 atom stereocenters. The third-order valence-corrected chi connectivity index (χ3v) is 7.87. The van der Waals surface area contributed by atoms with Gasteiger partial charge in [-0.15, -0.1) is 0 Å². The van der Waals surface area contributed by atoms with Crippen LogP contribution in [0.25, 0.3) is 27.1 Å². The summed E-state index contributed by atoms with van der Waals surface area (Å²) in [4.78, 5) is 35.7. The zero-order valence-corrected chi connectivity index (χ0v) is 21.4. The predicted molar refractivity (Wildman–Crippen MR) is 145 cm³/mol. The highest BCUT2D eigenvalue weighted by molar-refractivity contribution is 7.22. The van der Waals surface area contributed by atoms with E-state index in [1.807, 2.05) is 35.0 Å². The molecule has 1 saturated heterocycles. The average Bonchev–Trinajstić information content (AvgIpc) is 3.70. The van der Waals surface area contributed by atoms with Crippen molar-refractivity contribution in [2.75, 3.05) is 18.9 Å². The summed E-state index contributed by atoms with van der Waals surface area (Å²) in [5, 5.41) is 10.4. The molecule has 4 N–H and O–H groups in total. The number of nitrogens with two attached hydrogens (primary N) is 1. The Labute approximate surface area is 220 Å². The number of carbonyl (C=O) groups is 2. The summed E-state index contributed by atoms with van der Waals surface area (Å²) in [6.45, 7) is 1.49. The van der Waals surface area contributed by atoms with Crippen LogP contribution in [0, 0.1) is 0 Å². The lowest BCUT2D eigenvalue weighted by Gasteiger charge is -2.11. The van der Waals surface area contributed by atoms with E-state index in [-0.39, 0.29) is 17.9 Å². The van der Waals surface area contributed by atoms with Crippen molar-refractivity contribution in [3.63, 3.8) is 0 Å². The van der Waals surface area contributed by atoms with Crippen LogP contribution in [0.5, 0.6) is 0 Å². The number of nitrogens with one attached hydrogen (secondary N) is 2. The molecule has 0 unspecified atom stereocenters. The molecule has 1 aromatic carbocycles. The average molecular weight is 533 g/mol. The fraction of sp³-hybridized carbons (Fsp3) is 0.231. The third-order valence-electron chi connectivity index (χ3n) is 6.34. The van der Waals surface area contributed by atoms with Gasteiger partial charge in [-0.2, -0.15) is 11.3 Å². The van der Waals surface area contributed by atoms with Crippen molar-refractivity contribution in [2.45, 2.75) is 25.5 Å². The number of imidazole rings is 1. The Morgan fingerprint density at radius 1 is 1.16 bits per heavy atom. The van der Waals surface area contributed by atoms with Crippen LogP contribution in [0.3, 0.4) is 0 Å². The number of hydrogen-bond acceptors (Lipinski definition) is 8. The van der Waals surface area contributed by atoms with Crippen molar-refractivity contribution in [2.24, 2.45) is 0 Å². The molecule has 1 fully saturated rings. The number of carbonyl (C=O) groups excluding carboxylic acids is 2. The fourth-order valence-electron chi connectivity index (χ4n) is 4.53. The van der Waals surface area contributed by atoms with E-state index in [2.05, 4.69) is 15.6 Å². The zero-order valence-electron chi connectivity index (χ0n) is 19.8. The van der Waals surface area contributed by atoms with Crippen LogP contribution < -0.4 is 16.4 Å². The Kier molecular flexibility index (Phi) is 6.33. The van der Waals surface area contributed by atoms with Crippen molar-refractivity contribution >= 4 is 55.5 Å². The molecule has 1 aliphatic heterocycles. The van der Waals surface area contributed by atoms with Gasteiger partial charge in [-0.25, -0.2) is 9.97 Å². The van der Waals surface area contributed by atoms with E-state index < -0.39 is 0 Å². The number of thiophene rings is 1. The van der Waals surface area contributed by atoms with Gasteiger partial charge in [0, 0.05) is 36.8 Å². The Balaban J connectivity index is 1.29. The van der Waals surface area contributed by atoms with Gasteiger partial charge in [0.15, 0.2) is 10.8 Å². The molecule has 0 radical (unpaired) electrons. The third kappa shape index (κ3) is 4.68. The molecule has 0 aliphatic carbocycles. The van der Waals surface area contributed by atoms with Crippen molar-refractivity contribution in [1.29, 1.82) is 0 Å². The first-order valence-corrected chi connectivity index (χ1v) is 13.7. The molecule has 1 aliphatic rings. The van der Waals surface area contributed by atoms with E-state index in [0.717, 1.165) is 40.8 Å². The van der Waals surface area contributed by atoms with E-state index in [1.54, 1.807) is 22.7 Å². The SMILES string of the molecule is Nc1nc2ccc(CNC(=O)c3cccn4c(C(=O)NC[C@@H]5CCCO5)c(-c5ccsc5)nc34)cc2s1. The molecule has 5 aromatic rings. The summed E-state index contributed by atoms with van der Waals surface area (Å²) in [5.41, 5.74) is 10.2. The number of fused-ring (bicyclic) bond motifs is 2. The van der Waals surface area contributed by atoms with Crippen molar-refractivity contribution in [3.8, 4) is 11.3 Å². The van der Waals surface area contributed by atoms with Crippen LogP contribution in [-0.4, -0.2) is 45.4 Å². The molecule has 37 heavy (non-hydrogen) atoms. The van der Waals surface area contributed by atoms with Crippen molar-refractivity contribution in [1.82, 2.24) is 25.0 Å². The summed E-state index contributed by atoms with van der Waals surface area (Å²) >= 11 is 2.94. The van der Waals surface area contributed by atoms with Crippen LogP contribution in [0.1, 0.15) is 39.3 Å². The standard InChI is InChI=1S/C26H24N6O3S2/c27-26-30-19-6-5-15(11-20(19)37-26)12-28-24(33)18-4-1-8-32-22(25(34)29-13-17-3-2-9-35-17)21(31-23(18)32)16-7-10-36-14-16/h1,4-8,10-11,14,17H,2-3,9,12-13H2,(H2,27,30)(H,28,33)(H,29,34)/t17-/m0/s1. The molecular formula is C26H24N6O3S2. The summed E-state index contributed by atoms with van der Waals surface area (Å²) in [7, 11) is 0. The molecule has 2 amide bonds. The maximum atomic E-state index is 13.4. The quantitative estimate of drug-likeness (QED) is 0.290.